The Morgan fingerprint density at radius 1 is 1.44 bits per heavy atom. The van der Waals surface area contributed by atoms with Crippen molar-refractivity contribution in [2.45, 2.75) is 24.8 Å². The zero-order chi connectivity index (χ0) is 13.8. The Labute approximate surface area is 106 Å². The lowest BCUT2D eigenvalue weighted by atomic mass is 10.4. The molecular weight excluding hydrogens is 256 g/mol. The summed E-state index contributed by atoms with van der Waals surface area (Å²) in [6.45, 7) is 3.26. The van der Waals surface area contributed by atoms with Gasteiger partial charge < -0.3 is 11.1 Å². The van der Waals surface area contributed by atoms with E-state index in [4.69, 9.17) is 5.73 Å². The maximum atomic E-state index is 11.8. The molecule has 4 N–H and O–H groups in total. The van der Waals surface area contributed by atoms with E-state index >= 15 is 0 Å². The van der Waals surface area contributed by atoms with Crippen LogP contribution in [0.25, 0.3) is 0 Å². The number of nitrogens with zero attached hydrogens (tertiary/aromatic N) is 1. The lowest BCUT2D eigenvalue weighted by molar-refractivity contribution is -0.120. The highest BCUT2D eigenvalue weighted by atomic mass is 32.2. The van der Waals surface area contributed by atoms with Gasteiger partial charge in [-0.3, -0.25) is 4.79 Å². The summed E-state index contributed by atoms with van der Waals surface area (Å²) in [5.41, 5.74) is 5.36. The molecule has 0 unspecified atom stereocenters. The molecule has 0 aliphatic rings. The van der Waals surface area contributed by atoms with Crippen LogP contribution < -0.4 is 15.8 Å². The lowest BCUT2D eigenvalue weighted by Gasteiger charge is -2.09. The fourth-order valence-electron chi connectivity index (χ4n) is 1.17. The van der Waals surface area contributed by atoms with E-state index in [1.54, 1.807) is 13.8 Å². The van der Waals surface area contributed by atoms with E-state index in [2.05, 4.69) is 15.0 Å². The van der Waals surface area contributed by atoms with Crippen LogP contribution in [-0.4, -0.2) is 31.9 Å². The zero-order valence-electron chi connectivity index (χ0n) is 10.2. The molecule has 1 heterocycles. The van der Waals surface area contributed by atoms with Gasteiger partial charge in [0.25, 0.3) is 0 Å². The highest BCUT2D eigenvalue weighted by Gasteiger charge is 2.15. The molecule has 1 aromatic heterocycles. The summed E-state index contributed by atoms with van der Waals surface area (Å²) in [7, 11) is -3.74. The van der Waals surface area contributed by atoms with Crippen LogP contribution in [0.1, 0.15) is 13.8 Å². The number of pyridine rings is 1. The van der Waals surface area contributed by atoms with E-state index in [1.165, 1.54) is 12.1 Å². The van der Waals surface area contributed by atoms with E-state index in [0.717, 1.165) is 6.20 Å². The molecule has 0 aliphatic carbocycles. The number of hydrogen-bond acceptors (Lipinski definition) is 5. The maximum Gasteiger partial charge on any atom is 0.242 e. The van der Waals surface area contributed by atoms with Crippen LogP contribution in [0.4, 0.5) is 5.82 Å². The SMILES string of the molecule is CC(C)NC(=O)CNS(=O)(=O)c1ccc(N)nc1. The third-order valence-electron chi connectivity index (χ3n) is 1.94. The molecule has 1 rings (SSSR count). The minimum absolute atomic E-state index is 0.0333. The second kappa shape index (κ2) is 5.78. The molecule has 0 saturated heterocycles. The molecule has 18 heavy (non-hydrogen) atoms. The first-order valence-corrected chi connectivity index (χ1v) is 6.80. The molecule has 1 amide bonds. The van der Waals surface area contributed by atoms with Crippen molar-refractivity contribution in [3.05, 3.63) is 18.3 Å². The monoisotopic (exact) mass is 272 g/mol. The fraction of sp³-hybridized carbons (Fsp3) is 0.400. The van der Waals surface area contributed by atoms with Gasteiger partial charge >= 0.3 is 0 Å². The largest absolute Gasteiger partial charge is 0.384 e. The van der Waals surface area contributed by atoms with Gasteiger partial charge in [0.05, 0.1) is 6.54 Å². The van der Waals surface area contributed by atoms with Gasteiger partial charge in [-0.05, 0) is 26.0 Å². The third kappa shape index (κ3) is 4.30. The van der Waals surface area contributed by atoms with Crippen molar-refractivity contribution in [1.82, 2.24) is 15.0 Å². The molecule has 0 atom stereocenters. The number of anilines is 1. The highest BCUT2D eigenvalue weighted by molar-refractivity contribution is 7.89. The number of nitrogens with one attached hydrogen (secondary N) is 2. The van der Waals surface area contributed by atoms with Gasteiger partial charge in [-0.25, -0.2) is 18.1 Å². The zero-order valence-corrected chi connectivity index (χ0v) is 11.0. The summed E-state index contributed by atoms with van der Waals surface area (Å²) in [6.07, 6.45) is 1.14. The molecule has 0 spiro atoms. The number of nitrogen functional groups attached to an aromatic ring is 1. The Hall–Kier alpha value is -1.67. The second-order valence-electron chi connectivity index (χ2n) is 3.97. The number of carbonyl (C=O) groups is 1. The van der Waals surface area contributed by atoms with Crippen LogP contribution in [0.15, 0.2) is 23.2 Å². The quantitative estimate of drug-likeness (QED) is 0.666. The average Bonchev–Trinajstić information content (AvgIpc) is 2.26. The number of nitrogens with two attached hydrogens (primary N) is 1. The van der Waals surface area contributed by atoms with E-state index in [9.17, 15) is 13.2 Å². The van der Waals surface area contributed by atoms with Crippen molar-refractivity contribution in [1.29, 1.82) is 0 Å². The van der Waals surface area contributed by atoms with Gasteiger partial charge in [0, 0.05) is 12.2 Å². The topological polar surface area (TPSA) is 114 Å². The molecule has 0 aliphatic heterocycles. The minimum Gasteiger partial charge on any atom is -0.384 e. The van der Waals surface area contributed by atoms with Gasteiger partial charge in [-0.2, -0.15) is 0 Å². The number of amides is 1. The fourth-order valence-corrected chi connectivity index (χ4v) is 2.09. The van der Waals surface area contributed by atoms with E-state index < -0.39 is 15.9 Å². The van der Waals surface area contributed by atoms with Crippen LogP contribution >= 0.6 is 0 Å². The number of carbonyl (C=O) groups excluding carboxylic acids is 1. The molecule has 7 nitrogen and oxygen atoms in total. The molecule has 0 fully saturated rings. The van der Waals surface area contributed by atoms with Crippen molar-refractivity contribution >= 4 is 21.7 Å². The first-order chi connectivity index (χ1) is 8.31. The van der Waals surface area contributed by atoms with Crippen LogP contribution in [0.5, 0.6) is 0 Å². The lowest BCUT2D eigenvalue weighted by Crippen LogP contribution is -2.39. The number of sulfonamides is 1. The maximum absolute atomic E-state index is 11.8. The Balaban J connectivity index is 2.66. The van der Waals surface area contributed by atoms with Crippen molar-refractivity contribution in [3.8, 4) is 0 Å². The van der Waals surface area contributed by atoms with Crippen LogP contribution in [-0.2, 0) is 14.8 Å². The highest BCUT2D eigenvalue weighted by Crippen LogP contribution is 2.07. The summed E-state index contributed by atoms with van der Waals surface area (Å²) >= 11 is 0. The normalized spacial score (nSPS) is 11.5. The first-order valence-electron chi connectivity index (χ1n) is 5.32. The van der Waals surface area contributed by atoms with Gasteiger partial charge in [0.1, 0.15) is 10.7 Å². The Kier molecular flexibility index (Phi) is 4.62. The molecule has 0 aromatic carbocycles. The summed E-state index contributed by atoms with van der Waals surface area (Å²) in [5.74, 6) is -0.163. The van der Waals surface area contributed by atoms with Crippen molar-refractivity contribution in [3.63, 3.8) is 0 Å². The van der Waals surface area contributed by atoms with Crippen LogP contribution in [0, 0.1) is 0 Å². The van der Waals surface area contributed by atoms with Crippen LogP contribution in [0.2, 0.25) is 0 Å². The second-order valence-corrected chi connectivity index (χ2v) is 5.73. The molecule has 0 bridgehead atoms. The average molecular weight is 272 g/mol. The molecule has 100 valence electrons. The van der Waals surface area contributed by atoms with Crippen molar-refractivity contribution < 1.29 is 13.2 Å². The molecule has 1 aromatic rings. The Morgan fingerprint density at radius 3 is 2.61 bits per heavy atom. The van der Waals surface area contributed by atoms with E-state index in [1.807, 2.05) is 0 Å². The first kappa shape index (κ1) is 14.4. The Bertz CT molecular complexity index is 510. The van der Waals surface area contributed by atoms with Gasteiger partial charge in [0.2, 0.25) is 15.9 Å². The molecular formula is C10H16N4O3S. The predicted octanol–water partition coefficient (Wildman–Crippen LogP) is -0.533. The summed E-state index contributed by atoms with van der Waals surface area (Å²) in [6, 6.07) is 2.66. The summed E-state index contributed by atoms with van der Waals surface area (Å²) < 4.78 is 25.7. The number of rotatable bonds is 5. The smallest absolute Gasteiger partial charge is 0.242 e. The van der Waals surface area contributed by atoms with Crippen molar-refractivity contribution in [2.24, 2.45) is 0 Å². The summed E-state index contributed by atoms with van der Waals surface area (Å²) in [5, 5.41) is 2.57. The molecule has 0 saturated carbocycles. The predicted molar refractivity (Wildman–Crippen MR) is 67.1 cm³/mol. The van der Waals surface area contributed by atoms with Crippen molar-refractivity contribution in [2.75, 3.05) is 12.3 Å². The van der Waals surface area contributed by atoms with E-state index in [0.29, 0.717) is 0 Å². The third-order valence-corrected chi connectivity index (χ3v) is 3.33. The van der Waals surface area contributed by atoms with Crippen LogP contribution in [0.3, 0.4) is 0 Å². The molecule has 8 heteroatoms. The standard InChI is InChI=1S/C10H16N4O3S/c1-7(2)14-10(15)6-13-18(16,17)8-3-4-9(11)12-5-8/h3-5,7,13H,6H2,1-2H3,(H2,11,12)(H,14,15). The minimum atomic E-state index is -3.74. The number of aromatic nitrogens is 1. The Morgan fingerprint density at radius 2 is 2.11 bits per heavy atom. The van der Waals surface area contributed by atoms with Gasteiger partial charge in [0.15, 0.2) is 0 Å². The summed E-state index contributed by atoms with van der Waals surface area (Å²) in [4.78, 5) is 15.0. The molecule has 0 radical (unpaired) electrons. The van der Waals surface area contributed by atoms with E-state index in [-0.39, 0.29) is 23.3 Å². The van der Waals surface area contributed by atoms with Gasteiger partial charge in [-0.1, -0.05) is 0 Å². The number of hydrogen-bond donors (Lipinski definition) is 3. The van der Waals surface area contributed by atoms with Gasteiger partial charge in [-0.15, -0.1) is 0 Å².